The van der Waals surface area contributed by atoms with Crippen molar-refractivity contribution in [1.82, 2.24) is 4.98 Å². The maximum atomic E-state index is 5.19. The standard InChI is InChI=1S/C44H32N2S/c1-44(2)39-16-10-9-15-36(39)37-25-24-35(28-40(37)44)46(33-21-17-30(18-22-33)29-11-5-3-6-12-29)34-23-19-31-20-26-41-42(38(31)27-34)45-43(47-41)32-13-7-4-8-14-32/h3-28H,1-2H3. The Morgan fingerprint density at radius 2 is 1.11 bits per heavy atom. The zero-order valence-corrected chi connectivity index (χ0v) is 27.1. The molecule has 0 fully saturated rings. The van der Waals surface area contributed by atoms with Crippen LogP contribution in [0.3, 0.4) is 0 Å². The third kappa shape index (κ3) is 4.58. The van der Waals surface area contributed by atoms with E-state index in [0.29, 0.717) is 0 Å². The number of rotatable bonds is 5. The zero-order chi connectivity index (χ0) is 31.5. The van der Waals surface area contributed by atoms with Gasteiger partial charge in [-0.25, -0.2) is 4.98 Å². The molecule has 1 aliphatic carbocycles. The van der Waals surface area contributed by atoms with Gasteiger partial charge in [-0.2, -0.15) is 0 Å². The highest BCUT2D eigenvalue weighted by atomic mass is 32.1. The van der Waals surface area contributed by atoms with Crippen molar-refractivity contribution in [3.63, 3.8) is 0 Å². The highest BCUT2D eigenvalue weighted by molar-refractivity contribution is 7.21. The van der Waals surface area contributed by atoms with E-state index in [1.165, 1.54) is 48.9 Å². The smallest absolute Gasteiger partial charge is 0.124 e. The molecule has 0 atom stereocenters. The Balaban J connectivity index is 1.22. The Kier molecular flexibility index (Phi) is 6.38. The summed E-state index contributed by atoms with van der Waals surface area (Å²) < 4.78 is 1.20. The summed E-state index contributed by atoms with van der Waals surface area (Å²) in [5.41, 5.74) is 13.3. The zero-order valence-electron chi connectivity index (χ0n) is 26.3. The van der Waals surface area contributed by atoms with E-state index in [0.717, 1.165) is 33.1 Å². The number of hydrogen-bond acceptors (Lipinski definition) is 3. The highest BCUT2D eigenvalue weighted by Gasteiger charge is 2.35. The molecule has 3 heteroatoms. The van der Waals surface area contributed by atoms with Gasteiger partial charge in [-0.15, -0.1) is 11.3 Å². The van der Waals surface area contributed by atoms with Gasteiger partial charge >= 0.3 is 0 Å². The lowest BCUT2D eigenvalue weighted by Crippen LogP contribution is -2.16. The quantitative estimate of drug-likeness (QED) is 0.190. The molecular formula is C44H32N2S. The van der Waals surface area contributed by atoms with Gasteiger partial charge in [0.25, 0.3) is 0 Å². The largest absolute Gasteiger partial charge is 0.310 e. The number of nitrogens with zero attached hydrogens (tertiary/aromatic N) is 2. The van der Waals surface area contributed by atoms with Crippen molar-refractivity contribution in [3.05, 3.63) is 169 Å². The first-order chi connectivity index (χ1) is 23.0. The van der Waals surface area contributed by atoms with Crippen LogP contribution in [0.2, 0.25) is 0 Å². The van der Waals surface area contributed by atoms with Gasteiger partial charge < -0.3 is 4.90 Å². The van der Waals surface area contributed by atoms with E-state index in [4.69, 9.17) is 4.98 Å². The molecule has 0 aliphatic heterocycles. The predicted octanol–water partition coefficient (Wildman–Crippen LogP) is 12.6. The third-order valence-electron chi connectivity index (χ3n) is 9.70. The average Bonchev–Trinajstić information content (AvgIpc) is 3.67. The second kappa shape index (κ2) is 10.8. The molecule has 224 valence electrons. The van der Waals surface area contributed by atoms with Crippen molar-refractivity contribution in [3.8, 4) is 32.8 Å². The van der Waals surface area contributed by atoms with Gasteiger partial charge in [0, 0.05) is 33.4 Å². The topological polar surface area (TPSA) is 16.1 Å². The minimum atomic E-state index is -0.0885. The predicted molar refractivity (Wildman–Crippen MR) is 200 cm³/mol. The summed E-state index contributed by atoms with van der Waals surface area (Å²) in [7, 11) is 0. The summed E-state index contributed by atoms with van der Waals surface area (Å²) in [6.45, 7) is 4.69. The summed E-state index contributed by atoms with van der Waals surface area (Å²) >= 11 is 1.75. The minimum absolute atomic E-state index is 0.0885. The lowest BCUT2D eigenvalue weighted by atomic mass is 9.82. The van der Waals surface area contributed by atoms with Crippen LogP contribution >= 0.6 is 11.3 Å². The molecule has 0 saturated heterocycles. The molecule has 1 aromatic heterocycles. The molecule has 7 aromatic carbocycles. The Bertz CT molecular complexity index is 2420. The summed E-state index contributed by atoms with van der Waals surface area (Å²) in [6, 6.07) is 57.1. The molecule has 8 aromatic rings. The van der Waals surface area contributed by atoms with Crippen molar-refractivity contribution < 1.29 is 0 Å². The Morgan fingerprint density at radius 1 is 0.511 bits per heavy atom. The van der Waals surface area contributed by atoms with Crippen LogP contribution in [0.25, 0.3) is 53.8 Å². The maximum absolute atomic E-state index is 5.19. The molecule has 0 saturated carbocycles. The van der Waals surface area contributed by atoms with Crippen LogP contribution in [0.1, 0.15) is 25.0 Å². The fourth-order valence-electron chi connectivity index (χ4n) is 7.25. The summed E-state index contributed by atoms with van der Waals surface area (Å²) in [5, 5.41) is 3.40. The third-order valence-corrected chi connectivity index (χ3v) is 10.8. The summed E-state index contributed by atoms with van der Waals surface area (Å²) in [5.74, 6) is 0. The number of fused-ring (bicyclic) bond motifs is 6. The van der Waals surface area contributed by atoms with Crippen LogP contribution in [0.4, 0.5) is 17.1 Å². The second-order valence-corrected chi connectivity index (χ2v) is 13.9. The van der Waals surface area contributed by atoms with Crippen molar-refractivity contribution >= 4 is 49.4 Å². The Labute approximate surface area is 279 Å². The Morgan fingerprint density at radius 3 is 1.89 bits per heavy atom. The molecular weight excluding hydrogens is 589 g/mol. The van der Waals surface area contributed by atoms with E-state index < -0.39 is 0 Å². The van der Waals surface area contributed by atoms with Crippen LogP contribution in [-0.2, 0) is 5.41 Å². The molecule has 0 radical (unpaired) electrons. The summed E-state index contributed by atoms with van der Waals surface area (Å²) in [6.07, 6.45) is 0. The van der Waals surface area contributed by atoms with Gasteiger partial charge in [0.15, 0.2) is 0 Å². The summed E-state index contributed by atoms with van der Waals surface area (Å²) in [4.78, 5) is 7.59. The van der Waals surface area contributed by atoms with Crippen LogP contribution in [0.15, 0.2) is 158 Å². The number of thiazole rings is 1. The van der Waals surface area contributed by atoms with Gasteiger partial charge in [0.2, 0.25) is 0 Å². The molecule has 0 unspecified atom stereocenters. The van der Waals surface area contributed by atoms with E-state index in [-0.39, 0.29) is 5.41 Å². The van der Waals surface area contributed by atoms with Crippen molar-refractivity contribution in [1.29, 1.82) is 0 Å². The number of aromatic nitrogens is 1. The first-order valence-corrected chi connectivity index (χ1v) is 16.9. The average molecular weight is 621 g/mol. The number of anilines is 3. The molecule has 0 N–H and O–H groups in total. The number of hydrogen-bond donors (Lipinski definition) is 0. The molecule has 47 heavy (non-hydrogen) atoms. The fraction of sp³-hybridized carbons (Fsp3) is 0.0682. The fourth-order valence-corrected chi connectivity index (χ4v) is 8.24. The SMILES string of the molecule is CC1(C)c2ccccc2-c2ccc(N(c3ccc(-c4ccccc4)cc3)c3ccc4ccc5sc(-c6ccccc6)nc5c4c3)cc21. The van der Waals surface area contributed by atoms with E-state index >= 15 is 0 Å². The van der Waals surface area contributed by atoms with E-state index in [1.54, 1.807) is 11.3 Å². The van der Waals surface area contributed by atoms with Gasteiger partial charge in [0.1, 0.15) is 5.01 Å². The normalized spacial score (nSPS) is 13.1. The van der Waals surface area contributed by atoms with Gasteiger partial charge in [-0.05, 0) is 81.2 Å². The first-order valence-electron chi connectivity index (χ1n) is 16.1. The lowest BCUT2D eigenvalue weighted by molar-refractivity contribution is 0.660. The van der Waals surface area contributed by atoms with Gasteiger partial charge in [-0.1, -0.05) is 129 Å². The van der Waals surface area contributed by atoms with Crippen molar-refractivity contribution in [2.75, 3.05) is 4.90 Å². The van der Waals surface area contributed by atoms with E-state index in [9.17, 15) is 0 Å². The lowest BCUT2D eigenvalue weighted by Gasteiger charge is -2.28. The molecule has 0 bridgehead atoms. The van der Waals surface area contributed by atoms with E-state index in [1.807, 2.05) is 0 Å². The molecule has 9 rings (SSSR count). The molecule has 2 nitrogen and oxygen atoms in total. The van der Waals surface area contributed by atoms with E-state index in [2.05, 4.69) is 176 Å². The van der Waals surface area contributed by atoms with Gasteiger partial charge in [-0.3, -0.25) is 0 Å². The second-order valence-electron chi connectivity index (χ2n) is 12.9. The maximum Gasteiger partial charge on any atom is 0.124 e. The van der Waals surface area contributed by atoms with Gasteiger partial charge in [0.05, 0.1) is 10.2 Å². The minimum Gasteiger partial charge on any atom is -0.310 e. The van der Waals surface area contributed by atoms with Crippen molar-refractivity contribution in [2.24, 2.45) is 0 Å². The molecule has 1 aliphatic rings. The van der Waals surface area contributed by atoms with Crippen LogP contribution < -0.4 is 4.90 Å². The number of benzene rings is 7. The van der Waals surface area contributed by atoms with Crippen LogP contribution in [-0.4, -0.2) is 4.98 Å². The molecule has 0 amide bonds. The molecule has 0 spiro atoms. The monoisotopic (exact) mass is 620 g/mol. The van der Waals surface area contributed by atoms with Crippen molar-refractivity contribution in [2.45, 2.75) is 19.3 Å². The first kappa shape index (κ1) is 27.8. The van der Waals surface area contributed by atoms with Crippen LogP contribution in [0, 0.1) is 0 Å². The Hall–Kier alpha value is -5.51. The van der Waals surface area contributed by atoms with Crippen LogP contribution in [0.5, 0.6) is 0 Å². The highest BCUT2D eigenvalue weighted by Crippen LogP contribution is 2.51. The molecule has 1 heterocycles.